The minimum Gasteiger partial charge on any atom is -0.381 e. The Kier molecular flexibility index (Phi) is 3.82. The first-order chi connectivity index (χ1) is 8.51. The Morgan fingerprint density at radius 3 is 2.33 bits per heavy atom. The van der Waals surface area contributed by atoms with Crippen molar-refractivity contribution in [3.05, 3.63) is 0 Å². The molecule has 0 aromatic carbocycles. The maximum absolute atomic E-state index is 11.9. The molecule has 5 heteroatoms. The lowest BCUT2D eigenvalue weighted by Gasteiger charge is -2.31. The van der Waals surface area contributed by atoms with Gasteiger partial charge < -0.3 is 14.9 Å². The molecule has 1 aliphatic heterocycles. The minimum atomic E-state index is 0.0492. The second-order valence-corrected chi connectivity index (χ2v) is 5.98. The number of aliphatic hydroxyl groups is 1. The van der Waals surface area contributed by atoms with Gasteiger partial charge in [-0.2, -0.15) is 0 Å². The molecule has 104 valence electrons. The van der Waals surface area contributed by atoms with E-state index in [-0.39, 0.29) is 18.3 Å². The van der Waals surface area contributed by atoms with Crippen LogP contribution in [0.1, 0.15) is 26.2 Å². The number of hydrogen-bond acceptors (Lipinski definition) is 3. The molecule has 1 heterocycles. The molecule has 2 fully saturated rings. The fourth-order valence-corrected chi connectivity index (χ4v) is 3.65. The van der Waals surface area contributed by atoms with Gasteiger partial charge in [0, 0.05) is 32.7 Å². The maximum Gasteiger partial charge on any atom is 0.319 e. The normalized spacial score (nSPS) is 34.8. The Morgan fingerprint density at radius 1 is 1.39 bits per heavy atom. The number of aliphatic hydroxyl groups excluding tert-OH is 1. The summed E-state index contributed by atoms with van der Waals surface area (Å²) in [5.41, 5.74) is 0.0946. The van der Waals surface area contributed by atoms with Crippen LogP contribution in [0.5, 0.6) is 0 Å². The van der Waals surface area contributed by atoms with Gasteiger partial charge in [0.25, 0.3) is 0 Å². The van der Waals surface area contributed by atoms with E-state index in [0.29, 0.717) is 11.8 Å². The van der Waals surface area contributed by atoms with Crippen molar-refractivity contribution in [1.29, 1.82) is 0 Å². The van der Waals surface area contributed by atoms with Crippen LogP contribution >= 0.6 is 0 Å². The van der Waals surface area contributed by atoms with Crippen molar-refractivity contribution in [2.75, 3.05) is 33.9 Å². The first-order valence-corrected chi connectivity index (χ1v) is 6.83. The zero-order valence-corrected chi connectivity index (χ0v) is 11.6. The molecule has 2 amide bonds. The summed E-state index contributed by atoms with van der Waals surface area (Å²) >= 11 is 0. The topological polar surface area (TPSA) is 55.8 Å². The van der Waals surface area contributed by atoms with E-state index in [1.54, 1.807) is 19.0 Å². The van der Waals surface area contributed by atoms with Crippen LogP contribution in [0.2, 0.25) is 0 Å². The summed E-state index contributed by atoms with van der Waals surface area (Å²) in [5, 5.41) is 12.4. The number of carbonyl (C=O) groups excluding carboxylic acids is 1. The van der Waals surface area contributed by atoms with Crippen molar-refractivity contribution < 1.29 is 9.90 Å². The predicted octanol–water partition coefficient (Wildman–Crippen LogP) is 0.698. The molecular weight excluding hydrogens is 230 g/mol. The molecule has 18 heavy (non-hydrogen) atoms. The molecule has 0 aromatic heterocycles. The number of nitrogens with zero attached hydrogens (tertiary/aromatic N) is 2. The van der Waals surface area contributed by atoms with Gasteiger partial charge in [-0.1, -0.05) is 6.92 Å². The molecule has 1 saturated carbocycles. The van der Waals surface area contributed by atoms with Crippen molar-refractivity contribution in [3.8, 4) is 0 Å². The van der Waals surface area contributed by atoms with Gasteiger partial charge in [0.15, 0.2) is 0 Å². The average Bonchev–Trinajstić information content (AvgIpc) is 2.84. The lowest BCUT2D eigenvalue weighted by Crippen LogP contribution is -2.45. The average molecular weight is 255 g/mol. The molecule has 1 saturated heterocycles. The van der Waals surface area contributed by atoms with Crippen LogP contribution in [0.15, 0.2) is 0 Å². The van der Waals surface area contributed by atoms with E-state index in [9.17, 15) is 4.79 Å². The number of amides is 2. The Bertz CT molecular complexity index is 305. The molecular formula is C13H25N3O2. The molecule has 0 aromatic rings. The van der Waals surface area contributed by atoms with Gasteiger partial charge in [0.05, 0.1) is 6.73 Å². The zero-order valence-electron chi connectivity index (χ0n) is 11.6. The highest BCUT2D eigenvalue weighted by Crippen LogP contribution is 2.45. The van der Waals surface area contributed by atoms with Crippen LogP contribution in [0.3, 0.4) is 0 Å². The van der Waals surface area contributed by atoms with Gasteiger partial charge in [0.2, 0.25) is 0 Å². The monoisotopic (exact) mass is 255 g/mol. The third-order valence-electron chi connectivity index (χ3n) is 4.67. The second kappa shape index (κ2) is 5.05. The summed E-state index contributed by atoms with van der Waals surface area (Å²) in [6.07, 6.45) is 3.19. The van der Waals surface area contributed by atoms with E-state index >= 15 is 0 Å². The summed E-state index contributed by atoms with van der Waals surface area (Å²) in [6, 6.07) is 0.126. The van der Waals surface area contributed by atoms with Gasteiger partial charge in [-0.05, 0) is 31.1 Å². The van der Waals surface area contributed by atoms with Gasteiger partial charge in [0.1, 0.15) is 0 Å². The molecule has 3 atom stereocenters. The SMILES string of the molecule is CCC1(NCO)C[C@H]2CN(C(=O)N(C)C)C[C@H]2C1. The van der Waals surface area contributed by atoms with Crippen molar-refractivity contribution in [2.45, 2.75) is 31.7 Å². The molecule has 1 aliphatic carbocycles. The summed E-state index contributed by atoms with van der Waals surface area (Å²) in [5.74, 6) is 1.18. The van der Waals surface area contributed by atoms with E-state index in [4.69, 9.17) is 5.11 Å². The van der Waals surface area contributed by atoms with Gasteiger partial charge in [-0.25, -0.2) is 4.79 Å². The summed E-state index contributed by atoms with van der Waals surface area (Å²) < 4.78 is 0. The number of likely N-dealkylation sites (tertiary alicyclic amines) is 1. The number of hydrogen-bond donors (Lipinski definition) is 2. The lowest BCUT2D eigenvalue weighted by molar-refractivity contribution is 0.161. The largest absolute Gasteiger partial charge is 0.381 e. The Morgan fingerprint density at radius 2 is 1.94 bits per heavy atom. The summed E-state index contributed by atoms with van der Waals surface area (Å²) in [4.78, 5) is 15.5. The Hall–Kier alpha value is -0.810. The van der Waals surface area contributed by atoms with Crippen LogP contribution in [0.4, 0.5) is 4.79 Å². The third-order valence-corrected chi connectivity index (χ3v) is 4.67. The first-order valence-electron chi connectivity index (χ1n) is 6.83. The van der Waals surface area contributed by atoms with Crippen molar-refractivity contribution >= 4 is 6.03 Å². The number of rotatable bonds is 3. The molecule has 5 nitrogen and oxygen atoms in total. The maximum atomic E-state index is 11.9. The van der Waals surface area contributed by atoms with Gasteiger partial charge in [-0.3, -0.25) is 5.32 Å². The van der Waals surface area contributed by atoms with Crippen LogP contribution in [0, 0.1) is 11.8 Å². The van der Waals surface area contributed by atoms with E-state index in [1.807, 2.05) is 4.90 Å². The molecule has 1 unspecified atom stereocenters. The minimum absolute atomic E-state index is 0.0492. The molecule has 2 rings (SSSR count). The third kappa shape index (κ3) is 2.34. The Labute approximate surface area is 109 Å². The van der Waals surface area contributed by atoms with Crippen LogP contribution in [-0.4, -0.2) is 60.4 Å². The molecule has 2 aliphatic rings. The number of carbonyl (C=O) groups is 1. The molecule has 0 bridgehead atoms. The van der Waals surface area contributed by atoms with Crippen molar-refractivity contribution in [1.82, 2.24) is 15.1 Å². The predicted molar refractivity (Wildman–Crippen MR) is 70.1 cm³/mol. The highest BCUT2D eigenvalue weighted by atomic mass is 16.3. The highest BCUT2D eigenvalue weighted by molar-refractivity contribution is 5.74. The van der Waals surface area contributed by atoms with Gasteiger partial charge in [-0.15, -0.1) is 0 Å². The van der Waals surface area contributed by atoms with Gasteiger partial charge >= 0.3 is 6.03 Å². The lowest BCUT2D eigenvalue weighted by atomic mass is 9.92. The Balaban J connectivity index is 1.97. The summed E-state index contributed by atoms with van der Waals surface area (Å²) in [6.45, 7) is 3.97. The summed E-state index contributed by atoms with van der Waals surface area (Å²) in [7, 11) is 3.61. The van der Waals surface area contributed by atoms with Crippen LogP contribution < -0.4 is 5.32 Å². The fourth-order valence-electron chi connectivity index (χ4n) is 3.65. The number of fused-ring (bicyclic) bond motifs is 1. The van der Waals surface area contributed by atoms with Crippen molar-refractivity contribution in [2.24, 2.45) is 11.8 Å². The van der Waals surface area contributed by atoms with E-state index in [2.05, 4.69) is 12.2 Å². The molecule has 0 radical (unpaired) electrons. The highest BCUT2D eigenvalue weighted by Gasteiger charge is 2.48. The van der Waals surface area contributed by atoms with Crippen LogP contribution in [-0.2, 0) is 0 Å². The second-order valence-electron chi connectivity index (χ2n) is 5.98. The number of nitrogens with one attached hydrogen (secondary N) is 1. The first kappa shape index (κ1) is 13.6. The van der Waals surface area contributed by atoms with Crippen molar-refractivity contribution in [3.63, 3.8) is 0 Å². The van der Waals surface area contributed by atoms with E-state index in [0.717, 1.165) is 32.4 Å². The van der Waals surface area contributed by atoms with E-state index < -0.39 is 0 Å². The number of urea groups is 1. The van der Waals surface area contributed by atoms with E-state index in [1.165, 1.54) is 0 Å². The smallest absolute Gasteiger partial charge is 0.319 e. The fraction of sp³-hybridized carbons (Fsp3) is 0.923. The van der Waals surface area contributed by atoms with Crippen LogP contribution in [0.25, 0.3) is 0 Å². The molecule has 0 spiro atoms. The standard InChI is InChI=1S/C13H25N3O2/c1-4-13(14-9-17)5-10-7-16(8-11(10)6-13)12(18)15(2)3/h10-11,14,17H,4-9H2,1-3H3/t10-,11+,13?. The molecule has 2 N–H and O–H groups in total. The zero-order chi connectivity index (χ0) is 13.3. The quantitative estimate of drug-likeness (QED) is 0.730.